The van der Waals surface area contributed by atoms with Crippen LogP contribution in [0.2, 0.25) is 0 Å². The van der Waals surface area contributed by atoms with Crippen LogP contribution < -0.4 is 11.0 Å². The summed E-state index contributed by atoms with van der Waals surface area (Å²) in [6.45, 7) is 1.96. The second kappa shape index (κ2) is 5.37. The summed E-state index contributed by atoms with van der Waals surface area (Å²) >= 11 is 0. The maximum atomic E-state index is 12.3. The van der Waals surface area contributed by atoms with Crippen molar-refractivity contribution < 1.29 is 5.11 Å². The highest BCUT2D eigenvalue weighted by Crippen LogP contribution is 2.18. The number of hydrogen-bond donors (Lipinski definition) is 3. The van der Waals surface area contributed by atoms with Crippen LogP contribution in [-0.4, -0.2) is 37.3 Å². The van der Waals surface area contributed by atoms with Gasteiger partial charge in [0.2, 0.25) is 0 Å². The van der Waals surface area contributed by atoms with E-state index in [4.69, 9.17) is 0 Å². The van der Waals surface area contributed by atoms with Gasteiger partial charge in [0.1, 0.15) is 5.52 Å². The molecular formula is C14H15N5O2. The lowest BCUT2D eigenvalue weighted by molar-refractivity contribution is 0.208. The lowest BCUT2D eigenvalue weighted by atomic mass is 10.3. The molecule has 21 heavy (non-hydrogen) atoms. The summed E-state index contributed by atoms with van der Waals surface area (Å²) in [5, 5.41) is 12.3. The van der Waals surface area contributed by atoms with Gasteiger partial charge in [0.25, 0.3) is 0 Å². The van der Waals surface area contributed by atoms with Gasteiger partial charge in [-0.25, -0.2) is 14.3 Å². The van der Waals surface area contributed by atoms with E-state index in [2.05, 4.69) is 20.3 Å². The number of para-hydroxylation sites is 1. The number of H-pyrrole nitrogens is 1. The van der Waals surface area contributed by atoms with E-state index in [0.717, 1.165) is 0 Å². The number of benzene rings is 1. The Morgan fingerprint density at radius 1 is 1.38 bits per heavy atom. The SMILES string of the molecule is CC(O)CNc1nc(=O)n(-c2ccccc2)c2nc[nH]c12. The second-order valence-electron chi connectivity index (χ2n) is 4.75. The molecule has 1 unspecified atom stereocenters. The van der Waals surface area contributed by atoms with E-state index in [-0.39, 0.29) is 0 Å². The molecule has 2 aromatic heterocycles. The molecule has 0 saturated heterocycles. The van der Waals surface area contributed by atoms with Crippen molar-refractivity contribution >= 4 is 17.0 Å². The Morgan fingerprint density at radius 3 is 2.86 bits per heavy atom. The van der Waals surface area contributed by atoms with E-state index in [1.54, 1.807) is 6.92 Å². The van der Waals surface area contributed by atoms with E-state index in [1.165, 1.54) is 10.9 Å². The van der Waals surface area contributed by atoms with E-state index in [1.807, 2.05) is 30.3 Å². The Hall–Kier alpha value is -2.67. The van der Waals surface area contributed by atoms with Gasteiger partial charge in [-0.1, -0.05) is 18.2 Å². The van der Waals surface area contributed by atoms with Gasteiger partial charge in [-0.3, -0.25) is 0 Å². The number of rotatable bonds is 4. The number of aliphatic hydroxyl groups excluding tert-OH is 1. The van der Waals surface area contributed by atoms with Crippen LogP contribution in [0.5, 0.6) is 0 Å². The molecule has 0 fully saturated rings. The fourth-order valence-electron chi connectivity index (χ4n) is 2.11. The number of aromatic nitrogens is 4. The van der Waals surface area contributed by atoms with Crippen LogP contribution >= 0.6 is 0 Å². The van der Waals surface area contributed by atoms with Crippen LogP contribution in [0.15, 0.2) is 41.5 Å². The first kappa shape index (κ1) is 13.3. The number of nitrogens with zero attached hydrogens (tertiary/aromatic N) is 3. The number of fused-ring (bicyclic) bond motifs is 1. The maximum absolute atomic E-state index is 12.3. The summed E-state index contributed by atoms with van der Waals surface area (Å²) in [5.41, 5.74) is 1.40. The smallest absolute Gasteiger partial charge is 0.355 e. The molecule has 0 amide bonds. The predicted molar refractivity (Wildman–Crippen MR) is 79.7 cm³/mol. The third kappa shape index (κ3) is 2.50. The van der Waals surface area contributed by atoms with Crippen molar-refractivity contribution in [1.29, 1.82) is 0 Å². The molecule has 108 valence electrons. The molecule has 0 aliphatic carbocycles. The standard InChI is InChI=1S/C14H15N5O2/c1-9(20)7-15-12-11-13(17-8-16-11)19(14(21)18-12)10-5-3-2-4-6-10/h2-6,8-9,20H,7H2,1H3,(H,16,17)(H,15,18,21). The van der Waals surface area contributed by atoms with Crippen LogP contribution in [0.1, 0.15) is 6.92 Å². The Morgan fingerprint density at radius 2 is 2.14 bits per heavy atom. The van der Waals surface area contributed by atoms with Crippen LogP contribution in [0, 0.1) is 0 Å². The molecule has 0 bridgehead atoms. The van der Waals surface area contributed by atoms with Gasteiger partial charge in [-0.05, 0) is 19.1 Å². The molecule has 7 nitrogen and oxygen atoms in total. The van der Waals surface area contributed by atoms with Crippen molar-refractivity contribution in [3.63, 3.8) is 0 Å². The van der Waals surface area contributed by atoms with Crippen molar-refractivity contribution in [3.8, 4) is 5.69 Å². The van der Waals surface area contributed by atoms with Crippen LogP contribution in [0.3, 0.4) is 0 Å². The zero-order valence-electron chi connectivity index (χ0n) is 11.4. The summed E-state index contributed by atoms with van der Waals surface area (Å²) in [4.78, 5) is 23.5. The number of aliphatic hydroxyl groups is 1. The van der Waals surface area contributed by atoms with Crippen LogP contribution in [0.4, 0.5) is 5.82 Å². The van der Waals surface area contributed by atoms with Crippen LogP contribution in [-0.2, 0) is 0 Å². The van der Waals surface area contributed by atoms with Gasteiger partial charge in [0.15, 0.2) is 11.5 Å². The molecular weight excluding hydrogens is 270 g/mol. The second-order valence-corrected chi connectivity index (χ2v) is 4.75. The lowest BCUT2D eigenvalue weighted by Gasteiger charge is -2.11. The van der Waals surface area contributed by atoms with E-state index in [0.29, 0.717) is 29.2 Å². The highest BCUT2D eigenvalue weighted by atomic mass is 16.3. The summed E-state index contributed by atoms with van der Waals surface area (Å²) in [7, 11) is 0. The molecule has 7 heteroatoms. The minimum absolute atomic E-state index is 0.301. The maximum Gasteiger partial charge on any atom is 0.355 e. The number of nitrogens with one attached hydrogen (secondary N) is 2. The largest absolute Gasteiger partial charge is 0.392 e. The fraction of sp³-hybridized carbons (Fsp3) is 0.214. The molecule has 3 aromatic rings. The minimum Gasteiger partial charge on any atom is -0.392 e. The topological polar surface area (TPSA) is 95.8 Å². The van der Waals surface area contributed by atoms with Crippen molar-refractivity contribution in [1.82, 2.24) is 19.5 Å². The van der Waals surface area contributed by atoms with Gasteiger partial charge in [0, 0.05) is 6.54 Å². The molecule has 0 aliphatic rings. The Kier molecular flexibility index (Phi) is 3.41. The molecule has 0 radical (unpaired) electrons. The van der Waals surface area contributed by atoms with Crippen molar-refractivity contribution in [2.75, 3.05) is 11.9 Å². The third-order valence-electron chi connectivity index (χ3n) is 3.05. The first-order valence-corrected chi connectivity index (χ1v) is 6.60. The Balaban J connectivity index is 2.16. The molecule has 1 atom stereocenters. The van der Waals surface area contributed by atoms with E-state index < -0.39 is 11.8 Å². The van der Waals surface area contributed by atoms with Crippen molar-refractivity contribution in [2.45, 2.75) is 13.0 Å². The lowest BCUT2D eigenvalue weighted by Crippen LogP contribution is -2.25. The predicted octanol–water partition coefficient (Wildman–Crippen LogP) is 0.901. The summed E-state index contributed by atoms with van der Waals surface area (Å²) in [5.74, 6) is 0.389. The zero-order valence-corrected chi connectivity index (χ0v) is 11.4. The summed E-state index contributed by atoms with van der Waals surface area (Å²) in [6, 6.07) is 9.21. The fourth-order valence-corrected chi connectivity index (χ4v) is 2.11. The van der Waals surface area contributed by atoms with Gasteiger partial charge in [-0.2, -0.15) is 4.98 Å². The highest BCUT2D eigenvalue weighted by molar-refractivity contribution is 5.83. The number of hydrogen-bond acceptors (Lipinski definition) is 5. The van der Waals surface area contributed by atoms with Gasteiger partial charge < -0.3 is 15.4 Å². The quantitative estimate of drug-likeness (QED) is 0.662. The zero-order chi connectivity index (χ0) is 14.8. The monoisotopic (exact) mass is 285 g/mol. The molecule has 0 spiro atoms. The number of anilines is 1. The molecule has 3 N–H and O–H groups in total. The minimum atomic E-state index is -0.540. The van der Waals surface area contributed by atoms with Gasteiger partial charge >= 0.3 is 5.69 Å². The first-order chi connectivity index (χ1) is 10.2. The molecule has 2 heterocycles. The molecule has 0 aliphatic heterocycles. The van der Waals surface area contributed by atoms with Crippen molar-refractivity contribution in [2.24, 2.45) is 0 Å². The molecule has 3 rings (SSSR count). The van der Waals surface area contributed by atoms with Crippen LogP contribution in [0.25, 0.3) is 16.9 Å². The Bertz CT molecular complexity index is 807. The van der Waals surface area contributed by atoms with Crippen molar-refractivity contribution in [3.05, 3.63) is 47.1 Å². The normalized spacial score (nSPS) is 12.5. The first-order valence-electron chi connectivity index (χ1n) is 6.60. The number of imidazole rings is 1. The number of aromatic amines is 1. The summed E-state index contributed by atoms with van der Waals surface area (Å²) in [6.07, 6.45) is 0.972. The average molecular weight is 285 g/mol. The van der Waals surface area contributed by atoms with E-state index >= 15 is 0 Å². The third-order valence-corrected chi connectivity index (χ3v) is 3.05. The molecule has 0 saturated carbocycles. The average Bonchev–Trinajstić information content (AvgIpc) is 2.94. The highest BCUT2D eigenvalue weighted by Gasteiger charge is 2.14. The van der Waals surface area contributed by atoms with E-state index in [9.17, 15) is 9.90 Å². The molecule has 1 aromatic carbocycles. The summed E-state index contributed by atoms with van der Waals surface area (Å²) < 4.78 is 1.44. The Labute approximate surface area is 120 Å². The van der Waals surface area contributed by atoms with Gasteiger partial charge in [0.05, 0.1) is 18.1 Å². The van der Waals surface area contributed by atoms with Gasteiger partial charge in [-0.15, -0.1) is 0 Å².